The Morgan fingerprint density at radius 1 is 1.13 bits per heavy atom. The lowest BCUT2D eigenvalue weighted by Gasteiger charge is -2.39. The highest BCUT2D eigenvalue weighted by atomic mass is 35.5. The number of halogens is 1. The van der Waals surface area contributed by atoms with E-state index in [-0.39, 0.29) is 35.5 Å². The molecule has 2 atom stereocenters. The molecule has 2 fully saturated rings. The summed E-state index contributed by atoms with van der Waals surface area (Å²) in [5, 5.41) is 0.310. The molecule has 0 unspecified atom stereocenters. The zero-order valence-electron chi connectivity index (χ0n) is 17.7. The van der Waals surface area contributed by atoms with Crippen LogP contribution in [-0.4, -0.2) is 65.9 Å². The molecule has 0 bridgehead atoms. The van der Waals surface area contributed by atoms with Crippen molar-refractivity contribution in [3.63, 3.8) is 0 Å². The number of aromatic nitrogens is 1. The number of hydrogen-bond acceptors (Lipinski definition) is 5. The highest BCUT2D eigenvalue weighted by molar-refractivity contribution is 6.29. The number of likely N-dealkylation sites (tertiary alicyclic amines) is 2. The summed E-state index contributed by atoms with van der Waals surface area (Å²) in [5.74, 6) is 0.399. The minimum Gasteiger partial charge on any atom is -0.469 e. The van der Waals surface area contributed by atoms with E-state index in [0.29, 0.717) is 56.2 Å². The Morgan fingerprint density at radius 2 is 1.83 bits per heavy atom. The van der Waals surface area contributed by atoms with E-state index < -0.39 is 0 Å². The van der Waals surface area contributed by atoms with Gasteiger partial charge < -0.3 is 14.5 Å². The van der Waals surface area contributed by atoms with Crippen molar-refractivity contribution < 1.29 is 19.1 Å². The summed E-state index contributed by atoms with van der Waals surface area (Å²) in [6.07, 6.45) is 5.11. The standard InChI is InChI=1S/C22H30ClN3O4/c1-3-15-14-26(21(28)18-4-8-24-19(23)12-18)11-7-17(15)13-20(27)25-9-5-16(6-10-25)22(29)30-2/h4,8,12,15-17H,3,5-7,9-11,13-14H2,1-2H3/t15-,17-/m0/s1. The van der Waals surface area contributed by atoms with Crippen LogP contribution < -0.4 is 0 Å². The van der Waals surface area contributed by atoms with Gasteiger partial charge in [0.05, 0.1) is 13.0 Å². The minimum atomic E-state index is -0.180. The Bertz CT molecular complexity index is 779. The molecule has 8 heteroatoms. The molecule has 3 rings (SSSR count). The summed E-state index contributed by atoms with van der Waals surface area (Å²) in [7, 11) is 1.41. The van der Waals surface area contributed by atoms with E-state index in [4.69, 9.17) is 16.3 Å². The summed E-state index contributed by atoms with van der Waals surface area (Å²) in [5.41, 5.74) is 0.549. The summed E-state index contributed by atoms with van der Waals surface area (Å²) in [4.78, 5) is 45.0. The number of carbonyl (C=O) groups excluding carboxylic acids is 3. The second-order valence-electron chi connectivity index (χ2n) is 8.22. The van der Waals surface area contributed by atoms with Gasteiger partial charge in [0, 0.05) is 44.4 Å². The van der Waals surface area contributed by atoms with Gasteiger partial charge in [0.15, 0.2) is 0 Å². The van der Waals surface area contributed by atoms with Crippen LogP contribution in [0.2, 0.25) is 5.15 Å². The number of methoxy groups -OCH3 is 1. The Labute approximate surface area is 182 Å². The van der Waals surface area contributed by atoms with Crippen LogP contribution in [0.1, 0.15) is 49.4 Å². The fourth-order valence-corrected chi connectivity index (χ4v) is 4.77. The molecule has 1 aromatic heterocycles. The van der Waals surface area contributed by atoms with Crippen molar-refractivity contribution in [2.45, 2.75) is 39.0 Å². The zero-order valence-corrected chi connectivity index (χ0v) is 18.4. The van der Waals surface area contributed by atoms with E-state index in [9.17, 15) is 14.4 Å². The summed E-state index contributed by atoms with van der Waals surface area (Å²) < 4.78 is 4.82. The Balaban J connectivity index is 1.54. The molecular formula is C22H30ClN3O4. The van der Waals surface area contributed by atoms with Crippen LogP contribution in [0.5, 0.6) is 0 Å². The van der Waals surface area contributed by atoms with Gasteiger partial charge in [-0.05, 0) is 43.2 Å². The first kappa shape index (κ1) is 22.5. The number of carbonyl (C=O) groups is 3. The van der Waals surface area contributed by atoms with Gasteiger partial charge >= 0.3 is 5.97 Å². The third kappa shape index (κ3) is 5.31. The Morgan fingerprint density at radius 3 is 2.47 bits per heavy atom. The first-order valence-electron chi connectivity index (χ1n) is 10.7. The van der Waals surface area contributed by atoms with Crippen LogP contribution in [0.25, 0.3) is 0 Å². The van der Waals surface area contributed by atoms with E-state index in [0.717, 1.165) is 12.8 Å². The van der Waals surface area contributed by atoms with Gasteiger partial charge in [-0.15, -0.1) is 0 Å². The van der Waals surface area contributed by atoms with Crippen molar-refractivity contribution >= 4 is 29.4 Å². The van der Waals surface area contributed by atoms with Crippen LogP contribution in [0.3, 0.4) is 0 Å². The van der Waals surface area contributed by atoms with Crippen molar-refractivity contribution in [1.29, 1.82) is 0 Å². The first-order valence-corrected chi connectivity index (χ1v) is 11.1. The molecule has 2 aliphatic rings. The lowest BCUT2D eigenvalue weighted by molar-refractivity contribution is -0.149. The van der Waals surface area contributed by atoms with Crippen molar-refractivity contribution in [3.05, 3.63) is 29.0 Å². The van der Waals surface area contributed by atoms with Crippen LogP contribution in [0, 0.1) is 17.8 Å². The maximum absolute atomic E-state index is 12.9. The van der Waals surface area contributed by atoms with Gasteiger partial charge in [-0.3, -0.25) is 14.4 Å². The fraction of sp³-hybridized carbons (Fsp3) is 0.636. The number of piperidine rings is 2. The van der Waals surface area contributed by atoms with Gasteiger partial charge in [-0.2, -0.15) is 0 Å². The van der Waals surface area contributed by atoms with Crippen molar-refractivity contribution in [3.8, 4) is 0 Å². The van der Waals surface area contributed by atoms with E-state index >= 15 is 0 Å². The molecule has 0 radical (unpaired) electrons. The molecule has 164 valence electrons. The summed E-state index contributed by atoms with van der Waals surface area (Å²) in [6.45, 7) is 4.61. The molecule has 7 nitrogen and oxygen atoms in total. The normalized spacial score (nSPS) is 22.6. The van der Waals surface area contributed by atoms with Gasteiger partial charge in [-0.25, -0.2) is 4.98 Å². The van der Waals surface area contributed by atoms with Crippen LogP contribution in [0.4, 0.5) is 0 Å². The number of pyridine rings is 1. The lowest BCUT2D eigenvalue weighted by atomic mass is 9.81. The second-order valence-corrected chi connectivity index (χ2v) is 8.61. The minimum absolute atomic E-state index is 0.0348. The number of amides is 2. The Hall–Kier alpha value is -2.15. The Kier molecular flexibility index (Phi) is 7.69. The predicted octanol–water partition coefficient (Wildman–Crippen LogP) is 3.03. The van der Waals surface area contributed by atoms with Crippen molar-refractivity contribution in [2.75, 3.05) is 33.3 Å². The number of esters is 1. The molecule has 1 aromatic rings. The molecule has 3 heterocycles. The molecule has 2 aliphatic heterocycles. The SMILES string of the molecule is CC[C@H]1CN(C(=O)c2ccnc(Cl)c2)CC[C@H]1CC(=O)N1CCC(C(=O)OC)CC1. The number of rotatable bonds is 5. The van der Waals surface area contributed by atoms with Gasteiger partial charge in [-0.1, -0.05) is 24.9 Å². The smallest absolute Gasteiger partial charge is 0.308 e. The molecule has 0 spiro atoms. The predicted molar refractivity (Wildman–Crippen MR) is 113 cm³/mol. The van der Waals surface area contributed by atoms with Crippen molar-refractivity contribution in [2.24, 2.45) is 17.8 Å². The van der Waals surface area contributed by atoms with Gasteiger partial charge in [0.25, 0.3) is 5.91 Å². The number of nitrogens with zero attached hydrogens (tertiary/aromatic N) is 3. The first-order chi connectivity index (χ1) is 14.4. The largest absolute Gasteiger partial charge is 0.469 e. The molecule has 0 aliphatic carbocycles. The number of ether oxygens (including phenoxy) is 1. The topological polar surface area (TPSA) is 79.8 Å². The average Bonchev–Trinajstić information content (AvgIpc) is 2.78. The second kappa shape index (κ2) is 10.2. The molecule has 2 saturated heterocycles. The average molecular weight is 436 g/mol. The van der Waals surface area contributed by atoms with Gasteiger partial charge in [0.2, 0.25) is 5.91 Å². The summed E-state index contributed by atoms with van der Waals surface area (Å²) in [6, 6.07) is 3.28. The van der Waals surface area contributed by atoms with E-state index in [1.54, 1.807) is 18.3 Å². The molecule has 0 saturated carbocycles. The molecule has 2 amide bonds. The van der Waals surface area contributed by atoms with Crippen LogP contribution in [-0.2, 0) is 14.3 Å². The van der Waals surface area contributed by atoms with Crippen LogP contribution in [0.15, 0.2) is 18.3 Å². The third-order valence-corrected chi connectivity index (χ3v) is 6.70. The third-order valence-electron chi connectivity index (χ3n) is 6.50. The van der Waals surface area contributed by atoms with E-state index in [1.807, 2.05) is 9.80 Å². The quantitative estimate of drug-likeness (QED) is 0.524. The van der Waals surface area contributed by atoms with Gasteiger partial charge in [0.1, 0.15) is 5.15 Å². The fourth-order valence-electron chi connectivity index (χ4n) is 4.60. The monoisotopic (exact) mass is 435 g/mol. The lowest BCUT2D eigenvalue weighted by Crippen LogP contribution is -2.46. The maximum atomic E-state index is 12.9. The molecule has 0 aromatic carbocycles. The highest BCUT2D eigenvalue weighted by Crippen LogP contribution is 2.31. The maximum Gasteiger partial charge on any atom is 0.308 e. The molecular weight excluding hydrogens is 406 g/mol. The highest BCUT2D eigenvalue weighted by Gasteiger charge is 2.34. The van der Waals surface area contributed by atoms with Crippen molar-refractivity contribution in [1.82, 2.24) is 14.8 Å². The molecule has 30 heavy (non-hydrogen) atoms. The van der Waals surface area contributed by atoms with Crippen LogP contribution >= 0.6 is 11.6 Å². The number of hydrogen-bond donors (Lipinski definition) is 0. The molecule has 0 N–H and O–H groups in total. The van der Waals surface area contributed by atoms with E-state index in [1.165, 1.54) is 7.11 Å². The zero-order chi connectivity index (χ0) is 21.7. The summed E-state index contributed by atoms with van der Waals surface area (Å²) >= 11 is 5.92. The van der Waals surface area contributed by atoms with E-state index in [2.05, 4.69) is 11.9 Å².